The molecular weight excluding hydrogens is 328 g/mol. The Labute approximate surface area is 145 Å². The minimum atomic E-state index is -0.844. The van der Waals surface area contributed by atoms with Crippen molar-refractivity contribution in [2.24, 2.45) is 0 Å². The number of carbonyl (C=O) groups is 2. The first-order chi connectivity index (χ1) is 11.6. The van der Waals surface area contributed by atoms with Crippen molar-refractivity contribution in [3.05, 3.63) is 70.7 Å². The Balaban J connectivity index is 1.69. The van der Waals surface area contributed by atoms with Crippen LogP contribution in [0.25, 0.3) is 0 Å². The molecule has 126 valence electrons. The molecule has 0 aliphatic carbocycles. The van der Waals surface area contributed by atoms with Crippen molar-refractivity contribution in [2.45, 2.75) is 12.5 Å². The highest BCUT2D eigenvalue weighted by Crippen LogP contribution is 2.15. The van der Waals surface area contributed by atoms with Crippen molar-refractivity contribution in [1.82, 2.24) is 10.6 Å². The molecule has 2 amide bonds. The average Bonchev–Trinajstić information content (AvgIpc) is 2.59. The zero-order chi connectivity index (χ0) is 17.4. The highest BCUT2D eigenvalue weighted by Gasteiger charge is 2.12. The summed E-state index contributed by atoms with van der Waals surface area (Å²) in [5.74, 6) is -0.572. The molecule has 5 nitrogen and oxygen atoms in total. The Morgan fingerprint density at radius 3 is 2.29 bits per heavy atom. The number of halogens is 1. The van der Waals surface area contributed by atoms with Crippen LogP contribution < -0.4 is 10.6 Å². The highest BCUT2D eigenvalue weighted by molar-refractivity contribution is 6.33. The molecule has 24 heavy (non-hydrogen) atoms. The molecule has 2 aromatic rings. The first-order valence-electron chi connectivity index (χ1n) is 7.60. The Morgan fingerprint density at radius 1 is 0.958 bits per heavy atom. The predicted molar refractivity (Wildman–Crippen MR) is 92.8 cm³/mol. The van der Waals surface area contributed by atoms with E-state index >= 15 is 0 Å². The zero-order valence-electron chi connectivity index (χ0n) is 13.0. The number of hydrogen-bond donors (Lipinski definition) is 3. The van der Waals surface area contributed by atoms with Gasteiger partial charge in [0.25, 0.3) is 5.91 Å². The summed E-state index contributed by atoms with van der Waals surface area (Å²) < 4.78 is 0. The third kappa shape index (κ3) is 5.37. The van der Waals surface area contributed by atoms with Gasteiger partial charge in [-0.2, -0.15) is 0 Å². The standard InChI is InChI=1S/C18H19ClN2O3/c19-15-9-5-4-8-14(15)18(24)21-11-10-20-17(23)12-16(22)13-6-2-1-3-7-13/h1-9,16,22H,10-12H2,(H,20,23)(H,21,24). The molecular formula is C18H19ClN2O3. The van der Waals surface area contributed by atoms with Crippen molar-refractivity contribution < 1.29 is 14.7 Å². The van der Waals surface area contributed by atoms with Gasteiger partial charge in [-0.1, -0.05) is 54.1 Å². The van der Waals surface area contributed by atoms with Gasteiger partial charge in [-0.15, -0.1) is 0 Å². The number of aliphatic hydroxyl groups is 1. The summed E-state index contributed by atoms with van der Waals surface area (Å²) in [5.41, 5.74) is 1.09. The maximum Gasteiger partial charge on any atom is 0.252 e. The van der Waals surface area contributed by atoms with Crippen LogP contribution in [0.15, 0.2) is 54.6 Å². The summed E-state index contributed by atoms with van der Waals surface area (Å²) >= 11 is 5.94. The van der Waals surface area contributed by atoms with E-state index in [0.29, 0.717) is 16.1 Å². The molecule has 0 fully saturated rings. The summed E-state index contributed by atoms with van der Waals surface area (Å²) in [4.78, 5) is 23.7. The minimum Gasteiger partial charge on any atom is -0.388 e. The molecule has 0 aliphatic rings. The van der Waals surface area contributed by atoms with Crippen molar-refractivity contribution in [3.8, 4) is 0 Å². The molecule has 0 bridgehead atoms. The van der Waals surface area contributed by atoms with Crippen LogP contribution >= 0.6 is 11.6 Å². The second-order valence-electron chi connectivity index (χ2n) is 5.22. The largest absolute Gasteiger partial charge is 0.388 e. The van der Waals surface area contributed by atoms with Crippen molar-refractivity contribution in [2.75, 3.05) is 13.1 Å². The lowest BCUT2D eigenvalue weighted by Gasteiger charge is -2.11. The molecule has 0 saturated heterocycles. The smallest absolute Gasteiger partial charge is 0.252 e. The topological polar surface area (TPSA) is 78.4 Å². The van der Waals surface area contributed by atoms with E-state index in [2.05, 4.69) is 10.6 Å². The molecule has 6 heteroatoms. The predicted octanol–water partition coefficient (Wildman–Crippen LogP) is 2.31. The van der Waals surface area contributed by atoms with Gasteiger partial charge in [0.15, 0.2) is 0 Å². The second-order valence-corrected chi connectivity index (χ2v) is 5.62. The van der Waals surface area contributed by atoms with Gasteiger partial charge in [0.05, 0.1) is 23.1 Å². The summed E-state index contributed by atoms with van der Waals surface area (Å²) in [6.45, 7) is 0.549. The average molecular weight is 347 g/mol. The van der Waals surface area contributed by atoms with Gasteiger partial charge in [-0.3, -0.25) is 9.59 Å². The van der Waals surface area contributed by atoms with Gasteiger partial charge in [-0.05, 0) is 17.7 Å². The molecule has 2 aromatic carbocycles. The number of amides is 2. The quantitative estimate of drug-likeness (QED) is 0.673. The summed E-state index contributed by atoms with van der Waals surface area (Å²) in [7, 11) is 0. The third-order valence-corrected chi connectivity index (χ3v) is 3.74. The van der Waals surface area contributed by atoms with E-state index in [1.54, 1.807) is 48.5 Å². The SMILES string of the molecule is O=C(CC(O)c1ccccc1)NCCNC(=O)c1ccccc1Cl. The molecule has 3 N–H and O–H groups in total. The number of carbonyl (C=O) groups excluding carboxylic acids is 2. The van der Waals surface area contributed by atoms with Crippen LogP contribution in [0.4, 0.5) is 0 Å². The summed E-state index contributed by atoms with van der Waals surface area (Å²) in [5, 5.41) is 15.7. The Morgan fingerprint density at radius 2 is 1.58 bits per heavy atom. The molecule has 0 heterocycles. The van der Waals surface area contributed by atoms with E-state index in [1.165, 1.54) is 0 Å². The van der Waals surface area contributed by atoms with Gasteiger partial charge < -0.3 is 15.7 Å². The van der Waals surface area contributed by atoms with Crippen molar-refractivity contribution >= 4 is 23.4 Å². The van der Waals surface area contributed by atoms with Crippen LogP contribution in [0.3, 0.4) is 0 Å². The highest BCUT2D eigenvalue weighted by atomic mass is 35.5. The lowest BCUT2D eigenvalue weighted by molar-refractivity contribution is -0.123. The lowest BCUT2D eigenvalue weighted by Crippen LogP contribution is -2.35. The van der Waals surface area contributed by atoms with E-state index in [0.717, 1.165) is 0 Å². The first-order valence-corrected chi connectivity index (χ1v) is 7.98. The van der Waals surface area contributed by atoms with Gasteiger partial charge in [0.1, 0.15) is 0 Å². The van der Waals surface area contributed by atoms with Crippen LogP contribution in [0.1, 0.15) is 28.4 Å². The van der Waals surface area contributed by atoms with Gasteiger partial charge >= 0.3 is 0 Å². The van der Waals surface area contributed by atoms with Crippen LogP contribution in [-0.4, -0.2) is 30.0 Å². The van der Waals surface area contributed by atoms with Gasteiger partial charge in [-0.25, -0.2) is 0 Å². The van der Waals surface area contributed by atoms with Crippen molar-refractivity contribution in [3.63, 3.8) is 0 Å². The summed E-state index contributed by atoms with van der Waals surface area (Å²) in [6.07, 6.45) is -0.869. The number of rotatable bonds is 7. The Bertz CT molecular complexity index is 692. The maximum atomic E-state index is 11.9. The van der Waals surface area contributed by atoms with Gasteiger partial charge in [0.2, 0.25) is 5.91 Å². The lowest BCUT2D eigenvalue weighted by atomic mass is 10.1. The fraction of sp³-hybridized carbons (Fsp3) is 0.222. The fourth-order valence-electron chi connectivity index (χ4n) is 2.16. The third-order valence-electron chi connectivity index (χ3n) is 3.41. The van der Waals surface area contributed by atoms with Crippen LogP contribution in [0, 0.1) is 0 Å². The van der Waals surface area contributed by atoms with E-state index in [4.69, 9.17) is 11.6 Å². The van der Waals surface area contributed by atoms with Gasteiger partial charge in [0, 0.05) is 13.1 Å². The molecule has 0 radical (unpaired) electrons. The van der Waals surface area contributed by atoms with Crippen LogP contribution in [-0.2, 0) is 4.79 Å². The van der Waals surface area contributed by atoms with Crippen molar-refractivity contribution in [1.29, 1.82) is 0 Å². The fourth-order valence-corrected chi connectivity index (χ4v) is 2.38. The molecule has 1 unspecified atom stereocenters. The molecule has 2 rings (SSSR count). The number of aliphatic hydroxyl groups excluding tert-OH is 1. The second kappa shape index (κ2) is 9.05. The van der Waals surface area contributed by atoms with Crippen LogP contribution in [0.5, 0.6) is 0 Å². The molecule has 0 spiro atoms. The molecule has 0 aliphatic heterocycles. The zero-order valence-corrected chi connectivity index (χ0v) is 13.8. The van der Waals surface area contributed by atoms with E-state index < -0.39 is 6.10 Å². The molecule has 0 aromatic heterocycles. The van der Waals surface area contributed by atoms with E-state index in [9.17, 15) is 14.7 Å². The Hall–Kier alpha value is -2.37. The number of benzene rings is 2. The normalized spacial score (nSPS) is 11.6. The monoisotopic (exact) mass is 346 g/mol. The maximum absolute atomic E-state index is 11.9. The number of hydrogen-bond acceptors (Lipinski definition) is 3. The molecule has 1 atom stereocenters. The van der Waals surface area contributed by atoms with E-state index in [-0.39, 0.29) is 31.3 Å². The number of nitrogens with one attached hydrogen (secondary N) is 2. The first kappa shape index (κ1) is 18.0. The Kier molecular flexibility index (Phi) is 6.78. The van der Waals surface area contributed by atoms with E-state index in [1.807, 2.05) is 6.07 Å². The van der Waals surface area contributed by atoms with Crippen LogP contribution in [0.2, 0.25) is 5.02 Å². The summed E-state index contributed by atoms with van der Waals surface area (Å²) in [6, 6.07) is 15.7. The minimum absolute atomic E-state index is 0.0253. The molecule has 0 saturated carbocycles.